The lowest BCUT2D eigenvalue weighted by molar-refractivity contribution is 0.0315. The Morgan fingerprint density at radius 1 is 1.24 bits per heavy atom. The van der Waals surface area contributed by atoms with E-state index >= 15 is 0 Å². The number of likely N-dealkylation sites (tertiary alicyclic amines) is 1. The highest BCUT2D eigenvalue weighted by molar-refractivity contribution is 5.80. The van der Waals surface area contributed by atoms with Crippen LogP contribution in [0.4, 0.5) is 0 Å². The summed E-state index contributed by atoms with van der Waals surface area (Å²) in [6, 6.07) is 8.40. The molecule has 162 valence electrons. The van der Waals surface area contributed by atoms with E-state index in [0.29, 0.717) is 12.5 Å². The molecule has 2 heterocycles. The van der Waals surface area contributed by atoms with E-state index in [0.717, 1.165) is 57.6 Å². The molecule has 1 unspecified atom stereocenters. The first-order chi connectivity index (χ1) is 14.0. The number of rotatable bonds is 6. The van der Waals surface area contributed by atoms with Crippen LogP contribution >= 0.6 is 0 Å². The van der Waals surface area contributed by atoms with Crippen LogP contribution in [0.3, 0.4) is 0 Å². The molecule has 3 rings (SSSR count). The fourth-order valence-electron chi connectivity index (χ4n) is 4.04. The fraction of sp³-hybridized carbons (Fsp3) is 0.696. The second kappa shape index (κ2) is 10.3. The minimum Gasteiger partial charge on any atom is -0.492 e. The highest BCUT2D eigenvalue weighted by Crippen LogP contribution is 2.25. The van der Waals surface area contributed by atoms with Crippen molar-refractivity contribution in [1.82, 2.24) is 15.1 Å². The van der Waals surface area contributed by atoms with E-state index in [-0.39, 0.29) is 5.41 Å². The Hall–Kier alpha value is -1.79. The number of hydrogen-bond acceptors (Lipinski definition) is 4. The summed E-state index contributed by atoms with van der Waals surface area (Å²) in [6.07, 6.45) is 1.23. The number of hydrogen-bond donors (Lipinski definition) is 1. The Balaban J connectivity index is 1.39. The predicted molar refractivity (Wildman–Crippen MR) is 119 cm³/mol. The van der Waals surface area contributed by atoms with Crippen molar-refractivity contribution >= 4 is 5.96 Å². The van der Waals surface area contributed by atoms with Gasteiger partial charge < -0.3 is 19.7 Å². The Kier molecular flexibility index (Phi) is 7.78. The highest BCUT2D eigenvalue weighted by Gasteiger charge is 2.27. The Morgan fingerprint density at radius 3 is 2.76 bits per heavy atom. The second-order valence-electron chi connectivity index (χ2n) is 9.11. The molecule has 0 saturated carbocycles. The molecule has 0 bridgehead atoms. The van der Waals surface area contributed by atoms with Crippen LogP contribution in [0, 0.1) is 5.92 Å². The van der Waals surface area contributed by atoms with Gasteiger partial charge in [-0.15, -0.1) is 0 Å². The number of ether oxygens (including phenoxy) is 2. The Bertz CT molecular complexity index is 665. The monoisotopic (exact) mass is 402 g/mol. The van der Waals surface area contributed by atoms with Crippen LogP contribution in [0.2, 0.25) is 0 Å². The van der Waals surface area contributed by atoms with Gasteiger partial charge >= 0.3 is 0 Å². The average Bonchev–Trinajstić information content (AvgIpc) is 3.16. The molecule has 0 amide bonds. The van der Waals surface area contributed by atoms with Gasteiger partial charge in [-0.2, -0.15) is 0 Å². The lowest BCUT2D eigenvalue weighted by Gasteiger charge is -2.29. The fourth-order valence-corrected chi connectivity index (χ4v) is 4.04. The van der Waals surface area contributed by atoms with Gasteiger partial charge in [0, 0.05) is 39.8 Å². The molecule has 2 aliphatic heterocycles. The smallest absolute Gasteiger partial charge is 0.193 e. The molecule has 2 aliphatic rings. The molecular weight excluding hydrogens is 364 g/mol. The molecule has 6 heteroatoms. The maximum Gasteiger partial charge on any atom is 0.193 e. The number of morpholine rings is 1. The minimum atomic E-state index is 0.132. The van der Waals surface area contributed by atoms with Gasteiger partial charge in [-0.1, -0.05) is 32.9 Å². The summed E-state index contributed by atoms with van der Waals surface area (Å²) in [4.78, 5) is 9.40. The standard InChI is InChI=1S/C23H38N4O2/c1-23(2,3)20-6-5-7-21(16-20)29-13-9-25-22(24-4)27-10-8-19(18-27)17-26-11-14-28-15-12-26/h5-7,16,19H,8-15,17-18H2,1-4H3,(H,24,25). The van der Waals surface area contributed by atoms with Gasteiger partial charge in [0.1, 0.15) is 12.4 Å². The number of nitrogens with one attached hydrogen (secondary N) is 1. The van der Waals surface area contributed by atoms with Crippen molar-refractivity contribution in [2.75, 3.05) is 66.1 Å². The van der Waals surface area contributed by atoms with Crippen molar-refractivity contribution in [2.24, 2.45) is 10.9 Å². The van der Waals surface area contributed by atoms with E-state index in [1.54, 1.807) is 0 Å². The number of benzene rings is 1. The Morgan fingerprint density at radius 2 is 2.03 bits per heavy atom. The average molecular weight is 403 g/mol. The third-order valence-electron chi connectivity index (χ3n) is 5.77. The maximum absolute atomic E-state index is 5.97. The second-order valence-corrected chi connectivity index (χ2v) is 9.11. The molecule has 6 nitrogen and oxygen atoms in total. The predicted octanol–water partition coefficient (Wildman–Crippen LogP) is 2.59. The van der Waals surface area contributed by atoms with E-state index in [2.05, 4.69) is 59.1 Å². The SMILES string of the molecule is CN=C(NCCOc1cccc(C(C)(C)C)c1)N1CCC(CN2CCOCC2)C1. The quantitative estimate of drug-likeness (QED) is 0.450. The zero-order valence-corrected chi connectivity index (χ0v) is 18.6. The molecule has 0 aromatic heterocycles. The third-order valence-corrected chi connectivity index (χ3v) is 5.77. The summed E-state index contributed by atoms with van der Waals surface area (Å²) in [6.45, 7) is 15.2. The maximum atomic E-state index is 5.97. The first-order valence-electron chi connectivity index (χ1n) is 10.9. The summed E-state index contributed by atoms with van der Waals surface area (Å²) in [5.74, 6) is 2.63. The van der Waals surface area contributed by atoms with Crippen LogP contribution in [-0.4, -0.2) is 81.9 Å². The zero-order chi connectivity index (χ0) is 20.7. The van der Waals surface area contributed by atoms with Gasteiger partial charge in [-0.25, -0.2) is 0 Å². The summed E-state index contributed by atoms with van der Waals surface area (Å²) >= 11 is 0. The third kappa shape index (κ3) is 6.61. The molecule has 29 heavy (non-hydrogen) atoms. The molecule has 2 saturated heterocycles. The largest absolute Gasteiger partial charge is 0.492 e. The Labute approximate surface area is 176 Å². The molecule has 1 atom stereocenters. The zero-order valence-electron chi connectivity index (χ0n) is 18.6. The molecule has 0 aliphatic carbocycles. The number of aliphatic imine (C=N–C) groups is 1. The van der Waals surface area contributed by atoms with Crippen LogP contribution < -0.4 is 10.1 Å². The lowest BCUT2D eigenvalue weighted by Crippen LogP contribution is -2.43. The first kappa shape index (κ1) is 21.9. The minimum absolute atomic E-state index is 0.132. The van der Waals surface area contributed by atoms with Crippen LogP contribution in [-0.2, 0) is 10.2 Å². The van der Waals surface area contributed by atoms with E-state index < -0.39 is 0 Å². The van der Waals surface area contributed by atoms with Gasteiger partial charge in [-0.3, -0.25) is 9.89 Å². The summed E-state index contributed by atoms with van der Waals surface area (Å²) in [7, 11) is 1.87. The van der Waals surface area contributed by atoms with Crippen LogP contribution in [0.15, 0.2) is 29.3 Å². The molecular formula is C23H38N4O2. The van der Waals surface area contributed by atoms with Crippen LogP contribution in [0.1, 0.15) is 32.8 Å². The lowest BCUT2D eigenvalue weighted by atomic mass is 9.87. The van der Waals surface area contributed by atoms with Crippen LogP contribution in [0.25, 0.3) is 0 Å². The summed E-state index contributed by atoms with van der Waals surface area (Å²) in [5.41, 5.74) is 1.43. The highest BCUT2D eigenvalue weighted by atomic mass is 16.5. The molecule has 1 N–H and O–H groups in total. The summed E-state index contributed by atoms with van der Waals surface area (Å²) < 4.78 is 11.4. The molecule has 2 fully saturated rings. The topological polar surface area (TPSA) is 49.3 Å². The number of nitrogens with zero attached hydrogens (tertiary/aromatic N) is 3. The van der Waals surface area contributed by atoms with Crippen molar-refractivity contribution in [3.63, 3.8) is 0 Å². The van der Waals surface area contributed by atoms with E-state index in [1.807, 2.05) is 13.1 Å². The summed E-state index contributed by atoms with van der Waals surface area (Å²) in [5, 5.41) is 3.47. The van der Waals surface area contributed by atoms with Crippen molar-refractivity contribution in [2.45, 2.75) is 32.6 Å². The van der Waals surface area contributed by atoms with Crippen molar-refractivity contribution in [3.8, 4) is 5.75 Å². The van der Waals surface area contributed by atoms with Crippen molar-refractivity contribution in [1.29, 1.82) is 0 Å². The van der Waals surface area contributed by atoms with Crippen molar-refractivity contribution < 1.29 is 9.47 Å². The number of guanidine groups is 1. The molecule has 1 aromatic rings. The van der Waals surface area contributed by atoms with Gasteiger partial charge in [0.05, 0.1) is 19.8 Å². The molecule has 0 spiro atoms. The van der Waals surface area contributed by atoms with Crippen molar-refractivity contribution in [3.05, 3.63) is 29.8 Å². The molecule has 1 aromatic carbocycles. The van der Waals surface area contributed by atoms with Gasteiger partial charge in [0.2, 0.25) is 0 Å². The van der Waals surface area contributed by atoms with E-state index in [1.165, 1.54) is 18.5 Å². The van der Waals surface area contributed by atoms with Gasteiger partial charge in [0.15, 0.2) is 5.96 Å². The van der Waals surface area contributed by atoms with Gasteiger partial charge in [0.25, 0.3) is 0 Å². The van der Waals surface area contributed by atoms with Crippen LogP contribution in [0.5, 0.6) is 5.75 Å². The molecule has 0 radical (unpaired) electrons. The van der Waals surface area contributed by atoms with E-state index in [4.69, 9.17) is 9.47 Å². The van der Waals surface area contributed by atoms with Gasteiger partial charge in [-0.05, 0) is 35.4 Å². The normalized spacial score (nSPS) is 21.4. The first-order valence-corrected chi connectivity index (χ1v) is 10.9. The van der Waals surface area contributed by atoms with E-state index in [9.17, 15) is 0 Å².